The Morgan fingerprint density at radius 1 is 0.625 bits per heavy atom. The topological polar surface area (TPSA) is 12.0 Å². The Bertz CT molecular complexity index is 1040. The molecule has 0 radical (unpaired) electrons. The van der Waals surface area contributed by atoms with Crippen LogP contribution in [-0.4, -0.2) is 0 Å². The molecule has 0 bridgehead atoms. The van der Waals surface area contributed by atoms with E-state index in [1.165, 1.54) is 49.6 Å². The maximum atomic E-state index is 3.70. The van der Waals surface area contributed by atoms with Gasteiger partial charge < -0.3 is 5.32 Å². The molecule has 0 saturated carbocycles. The van der Waals surface area contributed by atoms with Crippen molar-refractivity contribution in [2.75, 3.05) is 5.32 Å². The van der Waals surface area contributed by atoms with E-state index in [9.17, 15) is 0 Å². The highest BCUT2D eigenvalue weighted by Gasteiger charge is 2.09. The van der Waals surface area contributed by atoms with Gasteiger partial charge in [0.1, 0.15) is 0 Å². The second-order valence-corrected chi connectivity index (χ2v) is 6.59. The van der Waals surface area contributed by atoms with Gasteiger partial charge in [-0.15, -0.1) is 0 Å². The Labute approximate surface area is 142 Å². The van der Waals surface area contributed by atoms with Crippen LogP contribution in [-0.2, 0) is 0 Å². The van der Waals surface area contributed by atoms with Crippen LogP contribution in [0.15, 0.2) is 66.7 Å². The average Bonchev–Trinajstić information content (AvgIpc) is 2.58. The van der Waals surface area contributed by atoms with E-state index in [4.69, 9.17) is 0 Å². The van der Waals surface area contributed by atoms with Crippen molar-refractivity contribution in [1.29, 1.82) is 0 Å². The van der Waals surface area contributed by atoms with Gasteiger partial charge in [-0.1, -0.05) is 66.2 Å². The molecule has 0 aliphatic carbocycles. The van der Waals surface area contributed by atoms with Crippen LogP contribution in [0.3, 0.4) is 0 Å². The molecule has 4 rings (SSSR count). The number of nitrogens with one attached hydrogen (secondary N) is 1. The molecule has 0 fully saturated rings. The molecule has 0 heterocycles. The quantitative estimate of drug-likeness (QED) is 0.408. The third kappa shape index (κ3) is 2.43. The minimum Gasteiger partial charge on any atom is -0.355 e. The summed E-state index contributed by atoms with van der Waals surface area (Å²) >= 11 is 0. The van der Waals surface area contributed by atoms with Crippen LogP contribution in [0.25, 0.3) is 21.5 Å². The largest absolute Gasteiger partial charge is 0.355 e. The fourth-order valence-corrected chi connectivity index (χ4v) is 3.67. The fraction of sp³-hybridized carbons (Fsp3) is 0.130. The standard InChI is InChI=1S/C23H21N/c1-15-12-16(2)23(17(3)13-15)24-22-14-18-8-4-5-9-19(18)20-10-6-7-11-21(20)22/h4-14,24H,1-3H3. The fourth-order valence-electron chi connectivity index (χ4n) is 3.67. The van der Waals surface area contributed by atoms with E-state index in [1.807, 2.05) is 0 Å². The van der Waals surface area contributed by atoms with E-state index in [-0.39, 0.29) is 0 Å². The summed E-state index contributed by atoms with van der Waals surface area (Å²) in [5, 5.41) is 8.82. The van der Waals surface area contributed by atoms with Gasteiger partial charge in [0.15, 0.2) is 0 Å². The number of rotatable bonds is 2. The molecule has 1 nitrogen and oxygen atoms in total. The normalized spacial score (nSPS) is 11.1. The molecule has 0 aliphatic rings. The highest BCUT2D eigenvalue weighted by molar-refractivity contribution is 6.13. The summed E-state index contributed by atoms with van der Waals surface area (Å²) in [4.78, 5) is 0. The van der Waals surface area contributed by atoms with Crippen molar-refractivity contribution in [3.63, 3.8) is 0 Å². The number of fused-ring (bicyclic) bond motifs is 3. The molecule has 4 aromatic rings. The maximum Gasteiger partial charge on any atom is 0.0470 e. The van der Waals surface area contributed by atoms with E-state index in [2.05, 4.69) is 92.8 Å². The van der Waals surface area contributed by atoms with E-state index < -0.39 is 0 Å². The highest BCUT2D eigenvalue weighted by Crippen LogP contribution is 2.35. The van der Waals surface area contributed by atoms with Crippen LogP contribution in [0.5, 0.6) is 0 Å². The second kappa shape index (κ2) is 5.68. The molecule has 0 amide bonds. The molecule has 1 N–H and O–H groups in total. The third-order valence-electron chi connectivity index (χ3n) is 4.70. The van der Waals surface area contributed by atoms with E-state index in [0.717, 1.165) is 0 Å². The molecule has 0 spiro atoms. The number of aryl methyl sites for hydroxylation is 3. The van der Waals surface area contributed by atoms with Gasteiger partial charge >= 0.3 is 0 Å². The minimum atomic E-state index is 1.17. The van der Waals surface area contributed by atoms with Crippen molar-refractivity contribution < 1.29 is 0 Å². The van der Waals surface area contributed by atoms with E-state index in [0.29, 0.717) is 0 Å². The van der Waals surface area contributed by atoms with Crippen LogP contribution in [0, 0.1) is 20.8 Å². The molecular formula is C23H21N. The molecule has 0 atom stereocenters. The van der Waals surface area contributed by atoms with Crippen molar-refractivity contribution in [1.82, 2.24) is 0 Å². The summed E-state index contributed by atoms with van der Waals surface area (Å²) in [6, 6.07) is 23.9. The first-order valence-corrected chi connectivity index (χ1v) is 8.39. The molecule has 4 aromatic carbocycles. The zero-order chi connectivity index (χ0) is 16.7. The number of benzene rings is 4. The zero-order valence-electron chi connectivity index (χ0n) is 14.4. The van der Waals surface area contributed by atoms with Crippen molar-refractivity contribution in [2.24, 2.45) is 0 Å². The van der Waals surface area contributed by atoms with Gasteiger partial charge in [0.2, 0.25) is 0 Å². The molecule has 1 heteroatoms. The number of anilines is 2. The molecule has 118 valence electrons. The lowest BCUT2D eigenvalue weighted by Crippen LogP contribution is -1.98. The molecule has 24 heavy (non-hydrogen) atoms. The molecule has 0 unspecified atom stereocenters. The van der Waals surface area contributed by atoms with Gasteiger partial charge in [0, 0.05) is 16.8 Å². The maximum absolute atomic E-state index is 3.70. The number of hydrogen-bond donors (Lipinski definition) is 1. The molecule has 0 aromatic heterocycles. The summed E-state index contributed by atoms with van der Waals surface area (Å²) in [6.07, 6.45) is 0. The molecular weight excluding hydrogens is 290 g/mol. The monoisotopic (exact) mass is 311 g/mol. The summed E-state index contributed by atoms with van der Waals surface area (Å²) in [5.41, 5.74) is 6.24. The van der Waals surface area contributed by atoms with Crippen molar-refractivity contribution in [3.05, 3.63) is 83.4 Å². The van der Waals surface area contributed by atoms with Crippen molar-refractivity contribution in [3.8, 4) is 0 Å². The lowest BCUT2D eigenvalue weighted by atomic mass is 9.99. The van der Waals surface area contributed by atoms with Gasteiger partial charge in [0.25, 0.3) is 0 Å². The summed E-state index contributed by atoms with van der Waals surface area (Å²) in [6.45, 7) is 6.49. The SMILES string of the molecule is Cc1cc(C)c(Nc2cc3ccccc3c3ccccc23)c(C)c1. The van der Waals surface area contributed by atoms with Crippen LogP contribution in [0.4, 0.5) is 11.4 Å². The minimum absolute atomic E-state index is 1.17. The lowest BCUT2D eigenvalue weighted by molar-refractivity contribution is 1.31. The van der Waals surface area contributed by atoms with Gasteiger partial charge in [-0.2, -0.15) is 0 Å². The Hall–Kier alpha value is -2.80. The van der Waals surface area contributed by atoms with Gasteiger partial charge in [-0.25, -0.2) is 0 Å². The predicted octanol–water partition coefficient (Wildman–Crippen LogP) is 6.66. The summed E-state index contributed by atoms with van der Waals surface area (Å²) < 4.78 is 0. The Morgan fingerprint density at radius 3 is 1.92 bits per heavy atom. The van der Waals surface area contributed by atoms with Crippen LogP contribution < -0.4 is 5.32 Å². The first kappa shape index (κ1) is 14.8. The van der Waals surface area contributed by atoms with E-state index in [1.54, 1.807) is 0 Å². The zero-order valence-corrected chi connectivity index (χ0v) is 14.4. The summed E-state index contributed by atoms with van der Waals surface area (Å²) in [7, 11) is 0. The third-order valence-corrected chi connectivity index (χ3v) is 4.70. The number of hydrogen-bond acceptors (Lipinski definition) is 1. The smallest absolute Gasteiger partial charge is 0.0470 e. The van der Waals surface area contributed by atoms with Gasteiger partial charge in [0.05, 0.1) is 0 Å². The van der Waals surface area contributed by atoms with Crippen molar-refractivity contribution in [2.45, 2.75) is 20.8 Å². The second-order valence-electron chi connectivity index (χ2n) is 6.59. The van der Waals surface area contributed by atoms with Gasteiger partial charge in [-0.05, 0) is 54.1 Å². The van der Waals surface area contributed by atoms with E-state index >= 15 is 0 Å². The molecule has 0 aliphatic heterocycles. The Balaban J connectivity index is 1.96. The van der Waals surface area contributed by atoms with Crippen LogP contribution in [0.1, 0.15) is 16.7 Å². The lowest BCUT2D eigenvalue weighted by Gasteiger charge is -2.17. The average molecular weight is 311 g/mol. The van der Waals surface area contributed by atoms with Crippen molar-refractivity contribution >= 4 is 32.9 Å². The molecule has 0 saturated heterocycles. The van der Waals surface area contributed by atoms with Crippen LogP contribution in [0.2, 0.25) is 0 Å². The summed E-state index contributed by atoms with van der Waals surface area (Å²) in [5.74, 6) is 0. The van der Waals surface area contributed by atoms with Crippen LogP contribution >= 0.6 is 0 Å². The first-order chi connectivity index (χ1) is 11.6. The Morgan fingerprint density at radius 2 is 1.21 bits per heavy atom. The Kier molecular flexibility index (Phi) is 3.50. The highest BCUT2D eigenvalue weighted by atomic mass is 14.9. The van der Waals surface area contributed by atoms with Gasteiger partial charge in [-0.3, -0.25) is 0 Å². The predicted molar refractivity (Wildman–Crippen MR) is 105 cm³/mol. The first-order valence-electron chi connectivity index (χ1n) is 8.39.